The summed E-state index contributed by atoms with van der Waals surface area (Å²) in [7, 11) is 0. The molecule has 1 aromatic heterocycles. The Morgan fingerprint density at radius 1 is 1.24 bits per heavy atom. The Balaban J connectivity index is 2.25. The van der Waals surface area contributed by atoms with E-state index in [4.69, 9.17) is 10.00 Å². The van der Waals surface area contributed by atoms with Crippen molar-refractivity contribution in [1.29, 1.82) is 5.26 Å². The van der Waals surface area contributed by atoms with Crippen molar-refractivity contribution < 1.29 is 17.9 Å². The van der Waals surface area contributed by atoms with Gasteiger partial charge in [0, 0.05) is 12.3 Å². The zero-order valence-electron chi connectivity index (χ0n) is 11.1. The summed E-state index contributed by atoms with van der Waals surface area (Å²) in [5.74, 6) is 0.269. The zero-order valence-corrected chi connectivity index (χ0v) is 11.1. The average Bonchev–Trinajstić information content (AvgIpc) is 2.47. The number of hydrogen-bond donors (Lipinski definition) is 0. The van der Waals surface area contributed by atoms with Crippen molar-refractivity contribution >= 4 is 0 Å². The van der Waals surface area contributed by atoms with E-state index in [0.29, 0.717) is 11.8 Å². The van der Waals surface area contributed by atoms with Gasteiger partial charge in [-0.25, -0.2) is 4.98 Å². The van der Waals surface area contributed by atoms with E-state index in [2.05, 4.69) is 4.98 Å². The smallest absolute Gasteiger partial charge is 0.417 e. The Hall–Kier alpha value is -2.55. The van der Waals surface area contributed by atoms with Crippen LogP contribution in [-0.4, -0.2) is 4.98 Å². The molecular formula is C15H11F3N2O. The van der Waals surface area contributed by atoms with Gasteiger partial charge in [-0.1, -0.05) is 13.0 Å². The molecule has 0 aliphatic heterocycles. The highest BCUT2D eigenvalue weighted by Crippen LogP contribution is 2.30. The van der Waals surface area contributed by atoms with Crippen molar-refractivity contribution in [3.8, 4) is 17.7 Å². The number of aryl methyl sites for hydroxylation is 1. The molecule has 108 valence electrons. The second kappa shape index (κ2) is 5.83. The highest BCUT2D eigenvalue weighted by molar-refractivity contribution is 5.46. The zero-order chi connectivity index (χ0) is 15.5. The maximum Gasteiger partial charge on any atom is 0.417 e. The maximum absolute atomic E-state index is 12.4. The molecule has 1 aromatic carbocycles. The fraction of sp³-hybridized carbons (Fsp3) is 0.200. The summed E-state index contributed by atoms with van der Waals surface area (Å²) in [5.41, 5.74) is 0.437. The van der Waals surface area contributed by atoms with E-state index in [9.17, 15) is 13.2 Å². The molecular weight excluding hydrogens is 281 g/mol. The molecule has 21 heavy (non-hydrogen) atoms. The van der Waals surface area contributed by atoms with Crippen LogP contribution in [0.4, 0.5) is 13.2 Å². The fourth-order valence-corrected chi connectivity index (χ4v) is 1.69. The van der Waals surface area contributed by atoms with E-state index in [1.807, 2.05) is 13.0 Å². The summed E-state index contributed by atoms with van der Waals surface area (Å²) in [6.45, 7) is 1.95. The van der Waals surface area contributed by atoms with Crippen LogP contribution in [0.15, 0.2) is 36.5 Å². The molecule has 0 fully saturated rings. The van der Waals surface area contributed by atoms with Crippen LogP contribution in [0.5, 0.6) is 11.6 Å². The van der Waals surface area contributed by atoms with Gasteiger partial charge in [0.1, 0.15) is 11.8 Å². The minimum absolute atomic E-state index is 0.00347. The lowest BCUT2D eigenvalue weighted by Crippen LogP contribution is -2.05. The third-order valence-electron chi connectivity index (χ3n) is 2.85. The Morgan fingerprint density at radius 3 is 2.52 bits per heavy atom. The Bertz CT molecular complexity index is 673. The standard InChI is InChI=1S/C15H11F3N2O/c1-2-10-3-5-13(11(7-10)8-19)21-14-6-4-12(9-20-14)15(16,17)18/h3-7,9H,2H2,1H3. The van der Waals surface area contributed by atoms with Gasteiger partial charge < -0.3 is 4.74 Å². The van der Waals surface area contributed by atoms with Gasteiger partial charge in [-0.3, -0.25) is 0 Å². The van der Waals surface area contributed by atoms with Crippen molar-refractivity contribution in [3.63, 3.8) is 0 Å². The molecule has 0 atom stereocenters. The van der Waals surface area contributed by atoms with Crippen LogP contribution in [0.2, 0.25) is 0 Å². The summed E-state index contributed by atoms with van der Waals surface area (Å²) in [4.78, 5) is 3.61. The van der Waals surface area contributed by atoms with Gasteiger partial charge in [-0.05, 0) is 30.2 Å². The first-order chi connectivity index (χ1) is 9.94. The van der Waals surface area contributed by atoms with Crippen LogP contribution in [0.1, 0.15) is 23.6 Å². The molecule has 2 aromatic rings. The third-order valence-corrected chi connectivity index (χ3v) is 2.85. The number of halogens is 3. The van der Waals surface area contributed by atoms with Crippen LogP contribution in [0, 0.1) is 11.3 Å². The fourth-order valence-electron chi connectivity index (χ4n) is 1.69. The topological polar surface area (TPSA) is 45.9 Å². The highest BCUT2D eigenvalue weighted by atomic mass is 19.4. The molecule has 3 nitrogen and oxygen atoms in total. The maximum atomic E-state index is 12.4. The molecule has 0 aliphatic rings. The number of alkyl halides is 3. The van der Waals surface area contributed by atoms with Gasteiger partial charge in [0.25, 0.3) is 0 Å². The monoisotopic (exact) mass is 292 g/mol. The number of rotatable bonds is 3. The lowest BCUT2D eigenvalue weighted by Gasteiger charge is -2.09. The van der Waals surface area contributed by atoms with Gasteiger partial charge >= 0.3 is 6.18 Å². The number of ether oxygens (including phenoxy) is 1. The van der Waals surface area contributed by atoms with Crippen molar-refractivity contribution in [3.05, 3.63) is 53.2 Å². The van der Waals surface area contributed by atoms with Gasteiger partial charge in [-0.2, -0.15) is 18.4 Å². The number of hydrogen-bond acceptors (Lipinski definition) is 3. The van der Waals surface area contributed by atoms with E-state index in [0.717, 1.165) is 24.1 Å². The van der Waals surface area contributed by atoms with Crippen molar-refractivity contribution in [1.82, 2.24) is 4.98 Å². The number of nitriles is 1. The minimum Gasteiger partial charge on any atom is -0.438 e. The van der Waals surface area contributed by atoms with Crippen LogP contribution >= 0.6 is 0 Å². The van der Waals surface area contributed by atoms with Crippen LogP contribution in [0.3, 0.4) is 0 Å². The van der Waals surface area contributed by atoms with Crippen LogP contribution in [0.25, 0.3) is 0 Å². The Morgan fingerprint density at radius 2 is 2.00 bits per heavy atom. The first kappa shape index (κ1) is 14.9. The lowest BCUT2D eigenvalue weighted by molar-refractivity contribution is -0.137. The highest BCUT2D eigenvalue weighted by Gasteiger charge is 2.30. The molecule has 0 aliphatic carbocycles. The first-order valence-electron chi connectivity index (χ1n) is 6.18. The molecule has 0 amide bonds. The van der Waals surface area contributed by atoms with E-state index >= 15 is 0 Å². The van der Waals surface area contributed by atoms with Crippen molar-refractivity contribution in [2.45, 2.75) is 19.5 Å². The first-order valence-corrected chi connectivity index (χ1v) is 6.18. The quantitative estimate of drug-likeness (QED) is 0.846. The molecule has 6 heteroatoms. The second-order valence-electron chi connectivity index (χ2n) is 4.28. The molecule has 0 spiro atoms. The summed E-state index contributed by atoms with van der Waals surface area (Å²) in [6, 6.07) is 9.08. The molecule has 0 saturated heterocycles. The second-order valence-corrected chi connectivity index (χ2v) is 4.28. The molecule has 2 rings (SSSR count). The number of nitrogens with zero attached hydrogens (tertiary/aromatic N) is 2. The summed E-state index contributed by atoms with van der Waals surface area (Å²) in [5, 5.41) is 9.07. The van der Waals surface area contributed by atoms with Gasteiger partial charge in [-0.15, -0.1) is 0 Å². The van der Waals surface area contributed by atoms with Gasteiger partial charge in [0.2, 0.25) is 5.88 Å². The lowest BCUT2D eigenvalue weighted by atomic mass is 10.1. The SMILES string of the molecule is CCc1ccc(Oc2ccc(C(F)(F)F)cn2)c(C#N)c1. The predicted molar refractivity (Wildman–Crippen MR) is 69.8 cm³/mol. The predicted octanol–water partition coefficient (Wildman–Crippen LogP) is 4.33. The van der Waals surface area contributed by atoms with E-state index < -0.39 is 11.7 Å². The molecule has 0 unspecified atom stereocenters. The third kappa shape index (κ3) is 3.51. The normalized spacial score (nSPS) is 11.0. The van der Waals surface area contributed by atoms with Gasteiger partial charge in [0.15, 0.2) is 0 Å². The largest absolute Gasteiger partial charge is 0.438 e. The van der Waals surface area contributed by atoms with Crippen molar-refractivity contribution in [2.24, 2.45) is 0 Å². The van der Waals surface area contributed by atoms with Crippen molar-refractivity contribution in [2.75, 3.05) is 0 Å². The Kier molecular flexibility index (Phi) is 4.13. The summed E-state index contributed by atoms with van der Waals surface area (Å²) >= 11 is 0. The van der Waals surface area contributed by atoms with E-state index in [-0.39, 0.29) is 11.6 Å². The molecule has 1 heterocycles. The number of pyridine rings is 1. The molecule has 0 radical (unpaired) electrons. The summed E-state index contributed by atoms with van der Waals surface area (Å²) < 4.78 is 42.6. The van der Waals surface area contributed by atoms with E-state index in [1.165, 1.54) is 0 Å². The number of benzene rings is 1. The molecule has 0 saturated carbocycles. The average molecular weight is 292 g/mol. The Labute approximate surface area is 119 Å². The minimum atomic E-state index is -4.44. The van der Waals surface area contributed by atoms with Crippen LogP contribution < -0.4 is 4.74 Å². The summed E-state index contributed by atoms with van der Waals surface area (Å²) in [6.07, 6.45) is -2.97. The molecule has 0 N–H and O–H groups in total. The van der Waals surface area contributed by atoms with E-state index in [1.54, 1.807) is 18.2 Å². The number of aromatic nitrogens is 1. The van der Waals surface area contributed by atoms with Gasteiger partial charge in [0.05, 0.1) is 11.1 Å². The molecule has 0 bridgehead atoms. The van der Waals surface area contributed by atoms with Crippen LogP contribution in [-0.2, 0) is 12.6 Å².